The summed E-state index contributed by atoms with van der Waals surface area (Å²) >= 11 is 0. The molecular weight excluding hydrogens is 202 g/mol. The Bertz CT molecular complexity index is 240. The molecule has 1 fully saturated rings. The minimum absolute atomic E-state index is 0.0777. The maximum Gasteiger partial charge on any atom is 0.240 e. The average molecular weight is 227 g/mol. The SMILES string of the molecule is CCC1CCCN(CC(C)(C)C(=O)NN)C1. The zero-order valence-corrected chi connectivity index (χ0v) is 10.8. The topological polar surface area (TPSA) is 58.4 Å². The Morgan fingerprint density at radius 3 is 2.81 bits per heavy atom. The molecule has 0 saturated carbocycles. The Morgan fingerprint density at radius 2 is 2.25 bits per heavy atom. The van der Waals surface area contributed by atoms with Gasteiger partial charge in [0.05, 0.1) is 5.41 Å². The van der Waals surface area contributed by atoms with Gasteiger partial charge < -0.3 is 4.90 Å². The van der Waals surface area contributed by atoms with Crippen molar-refractivity contribution in [1.29, 1.82) is 0 Å². The van der Waals surface area contributed by atoms with Crippen LogP contribution in [0.1, 0.15) is 40.0 Å². The Morgan fingerprint density at radius 1 is 1.56 bits per heavy atom. The number of carbonyl (C=O) groups excluding carboxylic acids is 1. The van der Waals surface area contributed by atoms with Crippen molar-refractivity contribution >= 4 is 5.91 Å². The van der Waals surface area contributed by atoms with Gasteiger partial charge in [-0.1, -0.05) is 13.3 Å². The summed E-state index contributed by atoms with van der Waals surface area (Å²) in [4.78, 5) is 14.0. The first-order chi connectivity index (χ1) is 7.49. The van der Waals surface area contributed by atoms with Gasteiger partial charge in [0.25, 0.3) is 0 Å². The number of nitrogens with one attached hydrogen (secondary N) is 1. The molecule has 3 N–H and O–H groups in total. The molecule has 16 heavy (non-hydrogen) atoms. The first-order valence-electron chi connectivity index (χ1n) is 6.23. The fraction of sp³-hybridized carbons (Fsp3) is 0.917. The molecule has 1 heterocycles. The second kappa shape index (κ2) is 5.64. The maximum atomic E-state index is 11.6. The Kier molecular flexibility index (Phi) is 4.74. The summed E-state index contributed by atoms with van der Waals surface area (Å²) < 4.78 is 0. The molecule has 4 nitrogen and oxygen atoms in total. The molecule has 1 atom stereocenters. The lowest BCUT2D eigenvalue weighted by Gasteiger charge is -2.36. The van der Waals surface area contributed by atoms with Crippen molar-refractivity contribution in [2.24, 2.45) is 17.2 Å². The van der Waals surface area contributed by atoms with E-state index in [9.17, 15) is 4.79 Å². The van der Waals surface area contributed by atoms with Crippen LogP contribution in [0.2, 0.25) is 0 Å². The Balaban J connectivity index is 2.49. The summed E-state index contributed by atoms with van der Waals surface area (Å²) in [5, 5.41) is 0. The summed E-state index contributed by atoms with van der Waals surface area (Å²) in [7, 11) is 0. The van der Waals surface area contributed by atoms with Crippen molar-refractivity contribution in [3.63, 3.8) is 0 Å². The van der Waals surface area contributed by atoms with E-state index in [1.54, 1.807) is 0 Å². The first kappa shape index (κ1) is 13.5. The van der Waals surface area contributed by atoms with Gasteiger partial charge in [-0.15, -0.1) is 0 Å². The normalized spacial score (nSPS) is 23.1. The molecule has 1 amide bonds. The van der Waals surface area contributed by atoms with E-state index in [0.717, 1.165) is 25.6 Å². The van der Waals surface area contributed by atoms with Crippen molar-refractivity contribution < 1.29 is 4.79 Å². The van der Waals surface area contributed by atoms with Crippen LogP contribution in [0.4, 0.5) is 0 Å². The van der Waals surface area contributed by atoms with Gasteiger partial charge in [-0.05, 0) is 39.2 Å². The number of nitrogens with two attached hydrogens (primary N) is 1. The number of likely N-dealkylation sites (tertiary alicyclic amines) is 1. The van der Waals surface area contributed by atoms with Gasteiger partial charge in [0.1, 0.15) is 0 Å². The summed E-state index contributed by atoms with van der Waals surface area (Å²) in [6.07, 6.45) is 3.81. The number of nitrogens with zero attached hydrogens (tertiary/aromatic N) is 1. The number of rotatable bonds is 4. The van der Waals surface area contributed by atoms with E-state index in [-0.39, 0.29) is 5.91 Å². The lowest BCUT2D eigenvalue weighted by atomic mass is 9.89. The monoisotopic (exact) mass is 227 g/mol. The van der Waals surface area contributed by atoms with Crippen LogP contribution in [0.5, 0.6) is 0 Å². The summed E-state index contributed by atoms with van der Waals surface area (Å²) in [6.45, 7) is 9.17. The number of piperidine rings is 1. The van der Waals surface area contributed by atoms with Gasteiger partial charge in [0, 0.05) is 13.1 Å². The van der Waals surface area contributed by atoms with Gasteiger partial charge in [0.2, 0.25) is 5.91 Å². The fourth-order valence-electron chi connectivity index (χ4n) is 2.45. The van der Waals surface area contributed by atoms with E-state index in [1.165, 1.54) is 19.3 Å². The maximum absolute atomic E-state index is 11.6. The second-order valence-corrected chi connectivity index (χ2v) is 5.51. The smallest absolute Gasteiger partial charge is 0.240 e. The highest BCUT2D eigenvalue weighted by Crippen LogP contribution is 2.23. The molecule has 1 saturated heterocycles. The second-order valence-electron chi connectivity index (χ2n) is 5.51. The van der Waals surface area contributed by atoms with Crippen LogP contribution in [0.15, 0.2) is 0 Å². The highest BCUT2D eigenvalue weighted by molar-refractivity contribution is 5.81. The predicted molar refractivity (Wildman–Crippen MR) is 65.6 cm³/mol. The molecule has 0 spiro atoms. The largest absolute Gasteiger partial charge is 0.302 e. The van der Waals surface area contributed by atoms with E-state index in [2.05, 4.69) is 17.2 Å². The molecular formula is C12H25N3O. The van der Waals surface area contributed by atoms with E-state index in [0.29, 0.717) is 0 Å². The van der Waals surface area contributed by atoms with Crippen LogP contribution in [0, 0.1) is 11.3 Å². The molecule has 0 aromatic rings. The van der Waals surface area contributed by atoms with E-state index in [1.807, 2.05) is 13.8 Å². The van der Waals surface area contributed by atoms with Crippen LogP contribution >= 0.6 is 0 Å². The molecule has 1 rings (SSSR count). The molecule has 1 aliphatic rings. The number of hydrazine groups is 1. The minimum atomic E-state index is -0.398. The lowest BCUT2D eigenvalue weighted by Crippen LogP contribution is -2.49. The first-order valence-corrected chi connectivity index (χ1v) is 6.23. The van der Waals surface area contributed by atoms with Crippen LogP contribution in [0.3, 0.4) is 0 Å². The van der Waals surface area contributed by atoms with Crippen molar-refractivity contribution in [3.8, 4) is 0 Å². The zero-order valence-electron chi connectivity index (χ0n) is 10.8. The fourth-order valence-corrected chi connectivity index (χ4v) is 2.45. The van der Waals surface area contributed by atoms with Crippen LogP contribution in [-0.4, -0.2) is 30.4 Å². The highest BCUT2D eigenvalue weighted by Gasteiger charge is 2.31. The number of hydrogen-bond donors (Lipinski definition) is 2. The standard InChI is InChI=1S/C12H25N3O/c1-4-10-6-5-7-15(8-10)9-12(2,3)11(16)14-13/h10H,4-9,13H2,1-3H3,(H,14,16). The van der Waals surface area contributed by atoms with E-state index < -0.39 is 5.41 Å². The van der Waals surface area contributed by atoms with Crippen molar-refractivity contribution in [3.05, 3.63) is 0 Å². The predicted octanol–water partition coefficient (Wildman–Crippen LogP) is 1.12. The third-order valence-electron chi connectivity index (χ3n) is 3.55. The molecule has 94 valence electrons. The summed E-state index contributed by atoms with van der Waals surface area (Å²) in [6, 6.07) is 0. The summed E-state index contributed by atoms with van der Waals surface area (Å²) in [5.74, 6) is 5.92. The molecule has 0 aromatic carbocycles. The van der Waals surface area contributed by atoms with Crippen LogP contribution < -0.4 is 11.3 Å². The quantitative estimate of drug-likeness (QED) is 0.430. The number of carbonyl (C=O) groups is 1. The molecule has 0 bridgehead atoms. The van der Waals surface area contributed by atoms with E-state index in [4.69, 9.17) is 5.84 Å². The van der Waals surface area contributed by atoms with Gasteiger partial charge in [-0.3, -0.25) is 10.2 Å². The minimum Gasteiger partial charge on any atom is -0.302 e. The van der Waals surface area contributed by atoms with Gasteiger partial charge >= 0.3 is 0 Å². The average Bonchev–Trinajstić information content (AvgIpc) is 2.27. The zero-order chi connectivity index (χ0) is 12.2. The van der Waals surface area contributed by atoms with Crippen molar-refractivity contribution in [1.82, 2.24) is 10.3 Å². The molecule has 4 heteroatoms. The highest BCUT2D eigenvalue weighted by atomic mass is 16.2. The molecule has 0 aromatic heterocycles. The van der Waals surface area contributed by atoms with E-state index >= 15 is 0 Å². The molecule has 0 aliphatic carbocycles. The lowest BCUT2D eigenvalue weighted by molar-refractivity contribution is -0.130. The van der Waals surface area contributed by atoms with Crippen LogP contribution in [-0.2, 0) is 4.79 Å². The Labute approximate surface area is 98.5 Å². The Hall–Kier alpha value is -0.610. The molecule has 1 unspecified atom stereocenters. The number of hydrogen-bond acceptors (Lipinski definition) is 3. The number of amides is 1. The van der Waals surface area contributed by atoms with Gasteiger partial charge in [-0.2, -0.15) is 0 Å². The third kappa shape index (κ3) is 3.46. The van der Waals surface area contributed by atoms with Crippen molar-refractivity contribution in [2.45, 2.75) is 40.0 Å². The summed E-state index contributed by atoms with van der Waals surface area (Å²) in [5.41, 5.74) is 1.86. The third-order valence-corrected chi connectivity index (χ3v) is 3.55. The van der Waals surface area contributed by atoms with Gasteiger partial charge in [-0.25, -0.2) is 5.84 Å². The van der Waals surface area contributed by atoms with Gasteiger partial charge in [0.15, 0.2) is 0 Å². The molecule has 0 radical (unpaired) electrons. The molecule has 1 aliphatic heterocycles. The van der Waals surface area contributed by atoms with Crippen molar-refractivity contribution in [2.75, 3.05) is 19.6 Å². The van der Waals surface area contributed by atoms with Crippen LogP contribution in [0.25, 0.3) is 0 Å².